The molecule has 2 rings (SSSR count). The van der Waals surface area contributed by atoms with Crippen molar-refractivity contribution in [1.29, 1.82) is 0 Å². The molecule has 2 N–H and O–H groups in total. The van der Waals surface area contributed by atoms with Gasteiger partial charge in [-0.25, -0.2) is 8.78 Å². The molecule has 2 nitrogen and oxygen atoms in total. The van der Waals surface area contributed by atoms with Gasteiger partial charge >= 0.3 is 0 Å². The van der Waals surface area contributed by atoms with Crippen molar-refractivity contribution >= 4 is 0 Å². The predicted molar refractivity (Wildman–Crippen MR) is 57.5 cm³/mol. The van der Waals surface area contributed by atoms with Crippen molar-refractivity contribution < 1.29 is 8.78 Å². The first kappa shape index (κ1) is 10.7. The van der Waals surface area contributed by atoms with Crippen molar-refractivity contribution in [2.75, 3.05) is 0 Å². The molecule has 2 aromatic rings. The molecule has 16 heavy (non-hydrogen) atoms. The Labute approximate surface area is 91.7 Å². The molecule has 1 aromatic carbocycles. The third kappa shape index (κ3) is 2.06. The molecule has 0 bridgehead atoms. The number of halogens is 2. The van der Waals surface area contributed by atoms with Gasteiger partial charge in [-0.3, -0.25) is 4.98 Å². The largest absolute Gasteiger partial charge is 0.326 e. The van der Waals surface area contributed by atoms with Gasteiger partial charge in [-0.1, -0.05) is 6.07 Å². The van der Waals surface area contributed by atoms with E-state index in [9.17, 15) is 8.78 Å². The van der Waals surface area contributed by atoms with Gasteiger partial charge < -0.3 is 5.73 Å². The highest BCUT2D eigenvalue weighted by molar-refractivity contribution is 5.59. The highest BCUT2D eigenvalue weighted by Crippen LogP contribution is 2.21. The smallest absolute Gasteiger partial charge is 0.132 e. The second-order valence-corrected chi connectivity index (χ2v) is 3.38. The molecule has 0 atom stereocenters. The SMILES string of the molecule is NCc1ccc(-c2cc(F)ccc2F)nc1. The Balaban J connectivity index is 2.45. The first-order valence-corrected chi connectivity index (χ1v) is 4.81. The van der Waals surface area contributed by atoms with Gasteiger partial charge in [0.15, 0.2) is 0 Å². The number of pyridine rings is 1. The number of nitrogens with zero attached hydrogens (tertiary/aromatic N) is 1. The molecular weight excluding hydrogens is 210 g/mol. The summed E-state index contributed by atoms with van der Waals surface area (Å²) >= 11 is 0. The highest BCUT2D eigenvalue weighted by atomic mass is 19.1. The van der Waals surface area contributed by atoms with Crippen LogP contribution in [0.2, 0.25) is 0 Å². The van der Waals surface area contributed by atoms with Crippen LogP contribution < -0.4 is 5.73 Å². The minimum Gasteiger partial charge on any atom is -0.326 e. The lowest BCUT2D eigenvalue weighted by Crippen LogP contribution is -1.97. The Morgan fingerprint density at radius 1 is 1.12 bits per heavy atom. The summed E-state index contributed by atoms with van der Waals surface area (Å²) < 4.78 is 26.4. The molecule has 82 valence electrons. The van der Waals surface area contributed by atoms with E-state index in [1.165, 1.54) is 0 Å². The van der Waals surface area contributed by atoms with E-state index >= 15 is 0 Å². The summed E-state index contributed by atoms with van der Waals surface area (Å²) in [4.78, 5) is 4.04. The lowest BCUT2D eigenvalue weighted by Gasteiger charge is -2.03. The van der Waals surface area contributed by atoms with Gasteiger partial charge in [-0.2, -0.15) is 0 Å². The maximum atomic E-state index is 13.4. The van der Waals surface area contributed by atoms with Crippen LogP contribution in [-0.2, 0) is 6.54 Å². The van der Waals surface area contributed by atoms with Crippen molar-refractivity contribution in [2.45, 2.75) is 6.54 Å². The van der Waals surface area contributed by atoms with Crippen molar-refractivity contribution in [3.8, 4) is 11.3 Å². The molecule has 0 unspecified atom stereocenters. The summed E-state index contributed by atoms with van der Waals surface area (Å²) in [7, 11) is 0. The zero-order valence-electron chi connectivity index (χ0n) is 8.45. The van der Waals surface area contributed by atoms with E-state index in [0.717, 1.165) is 23.8 Å². The molecule has 0 aliphatic carbocycles. The zero-order chi connectivity index (χ0) is 11.5. The monoisotopic (exact) mass is 220 g/mol. The average molecular weight is 220 g/mol. The van der Waals surface area contributed by atoms with E-state index in [-0.39, 0.29) is 5.56 Å². The fourth-order valence-corrected chi connectivity index (χ4v) is 1.40. The molecule has 0 radical (unpaired) electrons. The van der Waals surface area contributed by atoms with E-state index in [0.29, 0.717) is 12.2 Å². The van der Waals surface area contributed by atoms with Crippen LogP contribution in [0.5, 0.6) is 0 Å². The van der Waals surface area contributed by atoms with Gasteiger partial charge in [-0.05, 0) is 29.8 Å². The molecule has 1 heterocycles. The van der Waals surface area contributed by atoms with E-state index in [1.807, 2.05) is 0 Å². The van der Waals surface area contributed by atoms with Crippen LogP contribution in [0.15, 0.2) is 36.5 Å². The third-order valence-electron chi connectivity index (χ3n) is 2.26. The van der Waals surface area contributed by atoms with Gasteiger partial charge in [0, 0.05) is 18.3 Å². The maximum Gasteiger partial charge on any atom is 0.132 e. The van der Waals surface area contributed by atoms with Crippen LogP contribution in [0, 0.1) is 11.6 Å². The van der Waals surface area contributed by atoms with Gasteiger partial charge in [0.1, 0.15) is 11.6 Å². The Bertz CT molecular complexity index is 495. The predicted octanol–water partition coefficient (Wildman–Crippen LogP) is 2.49. The number of nitrogens with two attached hydrogens (primary N) is 1. The van der Waals surface area contributed by atoms with Gasteiger partial charge in [0.25, 0.3) is 0 Å². The molecule has 0 aliphatic rings. The fraction of sp³-hybridized carbons (Fsp3) is 0.0833. The molecule has 0 saturated heterocycles. The lowest BCUT2D eigenvalue weighted by atomic mass is 10.1. The Kier molecular flexibility index (Phi) is 2.92. The van der Waals surface area contributed by atoms with E-state index in [1.54, 1.807) is 18.3 Å². The Hall–Kier alpha value is -1.81. The number of benzene rings is 1. The van der Waals surface area contributed by atoms with E-state index in [4.69, 9.17) is 5.73 Å². The van der Waals surface area contributed by atoms with Crippen LogP contribution in [0.1, 0.15) is 5.56 Å². The first-order chi connectivity index (χ1) is 7.70. The van der Waals surface area contributed by atoms with Crippen LogP contribution in [0.25, 0.3) is 11.3 Å². The molecule has 0 aliphatic heterocycles. The standard InChI is InChI=1S/C12H10F2N2/c13-9-2-3-11(14)10(5-9)12-4-1-8(6-15)7-16-12/h1-5,7H,6,15H2. The molecule has 0 saturated carbocycles. The summed E-state index contributed by atoms with van der Waals surface area (Å²) in [6.45, 7) is 0.374. The lowest BCUT2D eigenvalue weighted by molar-refractivity contribution is 0.602. The van der Waals surface area contributed by atoms with Crippen molar-refractivity contribution in [2.24, 2.45) is 5.73 Å². The van der Waals surface area contributed by atoms with Crippen LogP contribution >= 0.6 is 0 Å². The maximum absolute atomic E-state index is 13.4. The van der Waals surface area contributed by atoms with Crippen LogP contribution in [-0.4, -0.2) is 4.98 Å². The highest BCUT2D eigenvalue weighted by Gasteiger charge is 2.07. The minimum atomic E-state index is -0.491. The Morgan fingerprint density at radius 3 is 2.56 bits per heavy atom. The molecule has 1 aromatic heterocycles. The van der Waals surface area contributed by atoms with Crippen LogP contribution in [0.3, 0.4) is 0 Å². The van der Waals surface area contributed by atoms with Gasteiger partial charge in [0.05, 0.1) is 5.69 Å². The van der Waals surface area contributed by atoms with Crippen molar-refractivity contribution in [1.82, 2.24) is 4.98 Å². The van der Waals surface area contributed by atoms with Gasteiger partial charge in [-0.15, -0.1) is 0 Å². The first-order valence-electron chi connectivity index (χ1n) is 4.81. The normalized spacial score (nSPS) is 10.4. The second-order valence-electron chi connectivity index (χ2n) is 3.38. The Morgan fingerprint density at radius 2 is 1.94 bits per heavy atom. The zero-order valence-corrected chi connectivity index (χ0v) is 8.45. The van der Waals surface area contributed by atoms with E-state index < -0.39 is 11.6 Å². The molecule has 0 amide bonds. The topological polar surface area (TPSA) is 38.9 Å². The molecule has 0 fully saturated rings. The van der Waals surface area contributed by atoms with E-state index in [2.05, 4.69) is 4.98 Å². The summed E-state index contributed by atoms with van der Waals surface area (Å²) in [5.41, 5.74) is 6.82. The number of hydrogen-bond donors (Lipinski definition) is 1. The number of rotatable bonds is 2. The van der Waals surface area contributed by atoms with Crippen LogP contribution in [0.4, 0.5) is 8.78 Å². The summed E-state index contributed by atoms with van der Waals surface area (Å²) in [6, 6.07) is 6.66. The summed E-state index contributed by atoms with van der Waals surface area (Å²) in [5.74, 6) is -0.976. The number of aromatic nitrogens is 1. The molecule has 0 spiro atoms. The molecular formula is C12H10F2N2. The average Bonchev–Trinajstić information content (AvgIpc) is 2.32. The third-order valence-corrected chi connectivity index (χ3v) is 2.26. The summed E-state index contributed by atoms with van der Waals surface area (Å²) in [5, 5.41) is 0. The fourth-order valence-electron chi connectivity index (χ4n) is 1.40. The summed E-state index contributed by atoms with van der Waals surface area (Å²) in [6.07, 6.45) is 1.56. The quantitative estimate of drug-likeness (QED) is 0.844. The van der Waals surface area contributed by atoms with Gasteiger partial charge in [0.2, 0.25) is 0 Å². The molecule has 4 heteroatoms. The van der Waals surface area contributed by atoms with Crippen molar-refractivity contribution in [3.63, 3.8) is 0 Å². The van der Waals surface area contributed by atoms with Crippen molar-refractivity contribution in [3.05, 3.63) is 53.7 Å². The second kappa shape index (κ2) is 4.37. The minimum absolute atomic E-state index is 0.156. The number of hydrogen-bond acceptors (Lipinski definition) is 2.